The summed E-state index contributed by atoms with van der Waals surface area (Å²) in [5.41, 5.74) is 0.858. The van der Waals surface area contributed by atoms with Gasteiger partial charge in [-0.2, -0.15) is 5.26 Å². The number of alkyl carbamates (subject to hydrolysis) is 1. The number of nitrogens with one attached hydrogen (secondary N) is 3. The van der Waals surface area contributed by atoms with Crippen LogP contribution in [0.3, 0.4) is 0 Å². The Morgan fingerprint density at radius 3 is 2.72 bits per heavy atom. The zero-order valence-corrected chi connectivity index (χ0v) is 16.8. The van der Waals surface area contributed by atoms with Gasteiger partial charge in [-0.25, -0.2) is 4.79 Å². The molecule has 29 heavy (non-hydrogen) atoms. The first-order chi connectivity index (χ1) is 14.0. The highest BCUT2D eigenvalue weighted by Crippen LogP contribution is 2.20. The highest BCUT2D eigenvalue weighted by atomic mass is 16.5. The fourth-order valence-corrected chi connectivity index (χ4v) is 3.42. The number of carbonyl (C=O) groups is 2. The van der Waals surface area contributed by atoms with Gasteiger partial charge in [-0.15, -0.1) is 0 Å². The van der Waals surface area contributed by atoms with E-state index in [0.29, 0.717) is 25.8 Å². The largest absolute Gasteiger partial charge is 0.445 e. The zero-order chi connectivity index (χ0) is 21.1. The summed E-state index contributed by atoms with van der Waals surface area (Å²) in [6, 6.07) is 10.3. The van der Waals surface area contributed by atoms with Crippen molar-refractivity contribution in [2.24, 2.45) is 5.92 Å². The number of aliphatic hydroxyl groups is 1. The summed E-state index contributed by atoms with van der Waals surface area (Å²) in [6.45, 7) is 2.76. The predicted octanol–water partition coefficient (Wildman–Crippen LogP) is 1.80. The lowest BCUT2D eigenvalue weighted by molar-refractivity contribution is -0.124. The first-order valence-electron chi connectivity index (χ1n) is 10.1. The van der Waals surface area contributed by atoms with E-state index in [0.717, 1.165) is 12.0 Å². The van der Waals surface area contributed by atoms with Gasteiger partial charge in [0.2, 0.25) is 5.91 Å². The van der Waals surface area contributed by atoms with E-state index in [4.69, 9.17) is 10.00 Å². The lowest BCUT2D eigenvalue weighted by Gasteiger charge is -2.24. The monoisotopic (exact) mass is 402 g/mol. The van der Waals surface area contributed by atoms with Crippen molar-refractivity contribution in [2.75, 3.05) is 6.54 Å². The molecule has 1 aliphatic heterocycles. The Hall–Kier alpha value is -2.63. The van der Waals surface area contributed by atoms with Crippen LogP contribution in [0.25, 0.3) is 0 Å². The van der Waals surface area contributed by atoms with Crippen LogP contribution in [0.5, 0.6) is 0 Å². The smallest absolute Gasteiger partial charge is 0.408 e. The second-order valence-electron chi connectivity index (χ2n) is 7.30. The average Bonchev–Trinajstić information content (AvgIpc) is 3.11. The SMILES string of the molecule is CCC[C@H](NC(=O)OCc1ccccc1)C(=O)N[C@H](CC#N)C[C@@H]1CCNC1O. The Bertz CT molecular complexity index is 692. The summed E-state index contributed by atoms with van der Waals surface area (Å²) in [7, 11) is 0. The Morgan fingerprint density at radius 2 is 2.10 bits per heavy atom. The van der Waals surface area contributed by atoms with Gasteiger partial charge in [-0.1, -0.05) is 43.7 Å². The number of rotatable bonds is 10. The number of carbonyl (C=O) groups excluding carboxylic acids is 2. The number of nitriles is 1. The van der Waals surface area contributed by atoms with Gasteiger partial charge < -0.3 is 20.5 Å². The summed E-state index contributed by atoms with van der Waals surface area (Å²) in [4.78, 5) is 24.8. The second-order valence-corrected chi connectivity index (χ2v) is 7.30. The molecule has 4 atom stereocenters. The number of benzene rings is 1. The van der Waals surface area contributed by atoms with E-state index in [9.17, 15) is 14.7 Å². The number of hydrogen-bond donors (Lipinski definition) is 4. The van der Waals surface area contributed by atoms with E-state index in [-0.39, 0.29) is 30.9 Å². The molecule has 8 heteroatoms. The van der Waals surface area contributed by atoms with E-state index in [1.165, 1.54) is 0 Å². The Morgan fingerprint density at radius 1 is 1.34 bits per heavy atom. The molecule has 4 N–H and O–H groups in total. The maximum absolute atomic E-state index is 12.7. The van der Waals surface area contributed by atoms with Crippen LogP contribution in [0.4, 0.5) is 4.79 Å². The molecular weight excluding hydrogens is 372 g/mol. The summed E-state index contributed by atoms with van der Waals surface area (Å²) >= 11 is 0. The molecule has 1 aromatic rings. The number of hydrogen-bond acceptors (Lipinski definition) is 6. The van der Waals surface area contributed by atoms with Gasteiger partial charge in [0.1, 0.15) is 18.9 Å². The van der Waals surface area contributed by atoms with Gasteiger partial charge in [-0.05, 0) is 31.4 Å². The van der Waals surface area contributed by atoms with Crippen molar-refractivity contribution >= 4 is 12.0 Å². The van der Waals surface area contributed by atoms with Crippen molar-refractivity contribution in [3.8, 4) is 6.07 Å². The fourth-order valence-electron chi connectivity index (χ4n) is 3.42. The first kappa shape index (κ1) is 22.7. The molecule has 1 fully saturated rings. The standard InChI is InChI=1S/C21H30N4O4/c1-2-6-18(25-21(28)29-14-15-7-4-3-5-8-15)20(27)24-17(9-11-22)13-16-10-12-23-19(16)26/h3-5,7-8,16-19,23,26H,2,6,9-10,12-14H2,1H3,(H,24,27)(H,25,28)/t16-,17+,18-,19?/m0/s1. The Balaban J connectivity index is 1.88. The topological polar surface area (TPSA) is 123 Å². The third kappa shape index (κ3) is 7.72. The van der Waals surface area contributed by atoms with Gasteiger partial charge in [-0.3, -0.25) is 10.1 Å². The van der Waals surface area contributed by atoms with E-state index < -0.39 is 18.4 Å². The van der Waals surface area contributed by atoms with Gasteiger partial charge >= 0.3 is 6.09 Å². The van der Waals surface area contributed by atoms with E-state index in [1.54, 1.807) is 0 Å². The van der Waals surface area contributed by atoms with Crippen molar-refractivity contribution in [1.82, 2.24) is 16.0 Å². The average molecular weight is 402 g/mol. The van der Waals surface area contributed by atoms with Crippen LogP contribution >= 0.6 is 0 Å². The molecule has 0 spiro atoms. The summed E-state index contributed by atoms with van der Waals surface area (Å²) in [5.74, 6) is -0.355. The number of ether oxygens (including phenoxy) is 1. The Kier molecular flexibility index (Phi) is 9.41. The number of nitrogens with zero attached hydrogens (tertiary/aromatic N) is 1. The Labute approximate surface area is 171 Å². The fraction of sp³-hybridized carbons (Fsp3) is 0.571. The second kappa shape index (κ2) is 12.0. The minimum absolute atomic E-state index is 0.0120. The van der Waals surface area contributed by atoms with Gasteiger partial charge in [0.15, 0.2) is 0 Å². The maximum atomic E-state index is 12.7. The van der Waals surface area contributed by atoms with Crippen LogP contribution in [-0.4, -0.2) is 42.0 Å². The van der Waals surface area contributed by atoms with Crippen LogP contribution in [0.2, 0.25) is 0 Å². The van der Waals surface area contributed by atoms with Crippen LogP contribution in [0, 0.1) is 17.2 Å². The van der Waals surface area contributed by atoms with Crippen LogP contribution < -0.4 is 16.0 Å². The highest BCUT2D eigenvalue weighted by Gasteiger charge is 2.29. The molecule has 0 aliphatic carbocycles. The molecule has 1 saturated heterocycles. The number of aliphatic hydroxyl groups excluding tert-OH is 1. The molecule has 0 saturated carbocycles. The van der Waals surface area contributed by atoms with Crippen molar-refractivity contribution in [1.29, 1.82) is 5.26 Å². The van der Waals surface area contributed by atoms with Crippen LogP contribution in [0.15, 0.2) is 30.3 Å². The first-order valence-corrected chi connectivity index (χ1v) is 10.1. The molecule has 0 bridgehead atoms. The summed E-state index contributed by atoms with van der Waals surface area (Å²) < 4.78 is 5.21. The lowest BCUT2D eigenvalue weighted by Crippen LogP contribution is -2.50. The molecule has 1 aliphatic rings. The molecule has 158 valence electrons. The molecular formula is C21H30N4O4. The van der Waals surface area contributed by atoms with Crippen molar-refractivity contribution in [2.45, 2.75) is 63.9 Å². The normalized spacial score (nSPS) is 20.3. The molecule has 0 radical (unpaired) electrons. The van der Waals surface area contributed by atoms with Crippen LogP contribution in [0.1, 0.15) is 44.6 Å². The molecule has 2 amide bonds. The molecule has 1 heterocycles. The molecule has 1 aromatic carbocycles. The summed E-state index contributed by atoms with van der Waals surface area (Å²) in [5, 5.41) is 27.4. The molecule has 1 unspecified atom stereocenters. The quantitative estimate of drug-likeness (QED) is 0.473. The lowest BCUT2D eigenvalue weighted by atomic mass is 9.95. The van der Waals surface area contributed by atoms with Gasteiger partial charge in [0, 0.05) is 12.0 Å². The molecule has 0 aromatic heterocycles. The minimum atomic E-state index is -0.740. The van der Waals surface area contributed by atoms with E-state index in [2.05, 4.69) is 22.0 Å². The van der Waals surface area contributed by atoms with Crippen LogP contribution in [-0.2, 0) is 16.1 Å². The third-order valence-corrected chi connectivity index (χ3v) is 4.99. The maximum Gasteiger partial charge on any atom is 0.408 e. The van der Waals surface area contributed by atoms with Gasteiger partial charge in [0.25, 0.3) is 0 Å². The van der Waals surface area contributed by atoms with Crippen molar-refractivity contribution in [3.05, 3.63) is 35.9 Å². The van der Waals surface area contributed by atoms with E-state index in [1.807, 2.05) is 37.3 Å². The number of amides is 2. The molecule has 8 nitrogen and oxygen atoms in total. The zero-order valence-electron chi connectivity index (χ0n) is 16.8. The molecule has 2 rings (SSSR count). The highest BCUT2D eigenvalue weighted by molar-refractivity contribution is 5.85. The summed E-state index contributed by atoms with van der Waals surface area (Å²) in [6.07, 6.45) is 1.32. The minimum Gasteiger partial charge on any atom is -0.445 e. The third-order valence-electron chi connectivity index (χ3n) is 4.99. The predicted molar refractivity (Wildman–Crippen MR) is 107 cm³/mol. The van der Waals surface area contributed by atoms with Gasteiger partial charge in [0.05, 0.1) is 12.5 Å². The van der Waals surface area contributed by atoms with E-state index >= 15 is 0 Å². The van der Waals surface area contributed by atoms with Crippen molar-refractivity contribution in [3.63, 3.8) is 0 Å². The van der Waals surface area contributed by atoms with Crippen molar-refractivity contribution < 1.29 is 19.4 Å².